The Balaban J connectivity index is 2.43. The third kappa shape index (κ3) is 4.57. The molecule has 0 atom stereocenters. The number of halogens is 2. The lowest BCUT2D eigenvalue weighted by molar-refractivity contribution is 0.147. The summed E-state index contributed by atoms with van der Waals surface area (Å²) in [6.07, 6.45) is -0.895. The molecule has 2 aromatic rings. The van der Waals surface area contributed by atoms with Gasteiger partial charge in [0, 0.05) is 26.5 Å². The number of hydrogen-bond acceptors (Lipinski definition) is 5. The number of carbonyl (C=O) groups is 1. The lowest BCUT2D eigenvalue weighted by atomic mass is 10.3. The fourth-order valence-electron chi connectivity index (χ4n) is 2.07. The van der Waals surface area contributed by atoms with Crippen LogP contribution in [0, 0.1) is 0 Å². The van der Waals surface area contributed by atoms with Crippen molar-refractivity contribution in [1.29, 1.82) is 0 Å². The molecule has 1 aromatic carbocycles. The van der Waals surface area contributed by atoms with Crippen LogP contribution in [0.25, 0.3) is 0 Å². The molecule has 1 heterocycles. The predicted molar refractivity (Wildman–Crippen MR) is 93.5 cm³/mol. The molecule has 1 aromatic heterocycles. The number of rotatable bonds is 6. The maximum atomic E-state index is 10.8. The molecule has 0 aliphatic carbocycles. The Morgan fingerprint density at radius 2 is 2.00 bits per heavy atom. The van der Waals surface area contributed by atoms with Crippen LogP contribution in [-0.4, -0.2) is 21.0 Å². The highest BCUT2D eigenvalue weighted by molar-refractivity contribution is 7.99. The molecule has 0 bridgehead atoms. The fraction of sp³-hybridized carbons (Fsp3) is 0.333. The van der Waals surface area contributed by atoms with Crippen molar-refractivity contribution < 1.29 is 14.6 Å². The zero-order chi connectivity index (χ0) is 17.9. The van der Waals surface area contributed by atoms with Crippen LogP contribution in [0.3, 0.4) is 0 Å². The monoisotopic (exact) mass is 389 g/mol. The molecule has 24 heavy (non-hydrogen) atoms. The normalized spacial score (nSPS) is 11.1. The molecule has 130 valence electrons. The van der Waals surface area contributed by atoms with Gasteiger partial charge in [-0.25, -0.2) is 4.79 Å². The standard InChI is InChI=1S/C15H17Cl2N3O3S/c1-8(2)20-14(24-11-4-9(16)3-10(17)5-11)12(6-21)13(19-20)7-23-15(18)22/h3-5,8,21H,6-7H2,1-2H3,(H2,18,22). The number of aromatic nitrogens is 2. The molecule has 0 aliphatic heterocycles. The van der Waals surface area contributed by atoms with E-state index in [9.17, 15) is 9.90 Å². The third-order valence-corrected chi connectivity index (χ3v) is 4.63. The van der Waals surface area contributed by atoms with Gasteiger partial charge in [-0.1, -0.05) is 35.0 Å². The van der Waals surface area contributed by atoms with Crippen LogP contribution in [0.1, 0.15) is 31.1 Å². The van der Waals surface area contributed by atoms with E-state index in [0.717, 1.165) is 9.92 Å². The Kier molecular flexibility index (Phi) is 6.40. The number of aliphatic hydroxyl groups excluding tert-OH is 1. The molecule has 3 N–H and O–H groups in total. The first-order chi connectivity index (χ1) is 11.3. The fourth-order valence-corrected chi connectivity index (χ4v) is 3.97. The summed E-state index contributed by atoms with van der Waals surface area (Å²) < 4.78 is 6.56. The molecule has 6 nitrogen and oxygen atoms in total. The summed E-state index contributed by atoms with van der Waals surface area (Å²) in [7, 11) is 0. The van der Waals surface area contributed by atoms with Crippen LogP contribution in [0.5, 0.6) is 0 Å². The molecule has 0 spiro atoms. The summed E-state index contributed by atoms with van der Waals surface area (Å²) in [6, 6.07) is 5.23. The number of aliphatic hydroxyl groups is 1. The van der Waals surface area contributed by atoms with Crippen molar-refractivity contribution >= 4 is 41.1 Å². The minimum atomic E-state index is -0.895. The molecule has 0 saturated carbocycles. The quantitative estimate of drug-likeness (QED) is 0.778. The van der Waals surface area contributed by atoms with Crippen molar-refractivity contribution in [2.75, 3.05) is 0 Å². The molecule has 9 heteroatoms. The molecular formula is C15H17Cl2N3O3S. The first-order valence-electron chi connectivity index (χ1n) is 7.09. The second kappa shape index (κ2) is 8.11. The van der Waals surface area contributed by atoms with Gasteiger partial charge in [0.15, 0.2) is 0 Å². The molecule has 0 fully saturated rings. The van der Waals surface area contributed by atoms with Gasteiger partial charge in [-0.05, 0) is 32.0 Å². The van der Waals surface area contributed by atoms with E-state index < -0.39 is 6.09 Å². The van der Waals surface area contributed by atoms with Gasteiger partial charge in [0.1, 0.15) is 17.3 Å². The van der Waals surface area contributed by atoms with E-state index in [0.29, 0.717) is 21.3 Å². The van der Waals surface area contributed by atoms with E-state index in [-0.39, 0.29) is 19.3 Å². The van der Waals surface area contributed by atoms with Crippen LogP contribution in [0.15, 0.2) is 28.1 Å². The number of ether oxygens (including phenoxy) is 1. The molecule has 0 saturated heterocycles. The second-order valence-electron chi connectivity index (χ2n) is 5.24. The van der Waals surface area contributed by atoms with Gasteiger partial charge < -0.3 is 15.6 Å². The maximum absolute atomic E-state index is 10.8. The van der Waals surface area contributed by atoms with Gasteiger partial charge in [-0.3, -0.25) is 4.68 Å². The highest BCUT2D eigenvalue weighted by Crippen LogP contribution is 2.36. The van der Waals surface area contributed by atoms with Crippen molar-refractivity contribution in [2.24, 2.45) is 5.73 Å². The van der Waals surface area contributed by atoms with Crippen molar-refractivity contribution in [3.63, 3.8) is 0 Å². The summed E-state index contributed by atoms with van der Waals surface area (Å²) >= 11 is 13.5. The first kappa shape index (κ1) is 18.9. The molecule has 0 unspecified atom stereocenters. The summed E-state index contributed by atoms with van der Waals surface area (Å²) in [5, 5.41) is 16.0. The Labute approximate surface area is 153 Å². The zero-order valence-corrected chi connectivity index (χ0v) is 15.5. The SMILES string of the molecule is CC(C)n1nc(COC(N)=O)c(CO)c1Sc1cc(Cl)cc(Cl)c1. The van der Waals surface area contributed by atoms with Crippen LogP contribution in [-0.2, 0) is 18.0 Å². The van der Waals surface area contributed by atoms with E-state index in [1.807, 2.05) is 13.8 Å². The van der Waals surface area contributed by atoms with Crippen molar-refractivity contribution in [3.8, 4) is 0 Å². The Morgan fingerprint density at radius 3 is 2.50 bits per heavy atom. The Morgan fingerprint density at radius 1 is 1.38 bits per heavy atom. The van der Waals surface area contributed by atoms with Crippen LogP contribution in [0.2, 0.25) is 10.0 Å². The van der Waals surface area contributed by atoms with E-state index in [1.54, 1.807) is 22.9 Å². The number of nitrogens with zero attached hydrogens (tertiary/aromatic N) is 2. The lowest BCUT2D eigenvalue weighted by Crippen LogP contribution is -2.13. The average Bonchev–Trinajstić information content (AvgIpc) is 2.81. The van der Waals surface area contributed by atoms with Gasteiger partial charge >= 0.3 is 6.09 Å². The topological polar surface area (TPSA) is 90.4 Å². The highest BCUT2D eigenvalue weighted by Gasteiger charge is 2.21. The number of hydrogen-bond donors (Lipinski definition) is 2. The van der Waals surface area contributed by atoms with Gasteiger partial charge in [0.2, 0.25) is 0 Å². The van der Waals surface area contributed by atoms with Gasteiger partial charge in [0.05, 0.1) is 6.61 Å². The minimum Gasteiger partial charge on any atom is -0.443 e. The zero-order valence-electron chi connectivity index (χ0n) is 13.1. The Bertz CT molecular complexity index is 730. The van der Waals surface area contributed by atoms with Crippen LogP contribution < -0.4 is 5.73 Å². The molecular weight excluding hydrogens is 373 g/mol. The number of benzene rings is 1. The number of carbonyl (C=O) groups excluding carboxylic acids is 1. The van der Waals surface area contributed by atoms with E-state index in [1.165, 1.54) is 11.8 Å². The largest absolute Gasteiger partial charge is 0.443 e. The van der Waals surface area contributed by atoms with Crippen LogP contribution >= 0.6 is 35.0 Å². The van der Waals surface area contributed by atoms with Crippen molar-refractivity contribution in [2.45, 2.75) is 43.0 Å². The van der Waals surface area contributed by atoms with Crippen molar-refractivity contribution in [3.05, 3.63) is 39.5 Å². The molecule has 1 amide bonds. The van der Waals surface area contributed by atoms with E-state index in [4.69, 9.17) is 33.7 Å². The number of primary amides is 1. The maximum Gasteiger partial charge on any atom is 0.404 e. The second-order valence-corrected chi connectivity index (χ2v) is 7.18. The molecule has 0 aliphatic rings. The summed E-state index contributed by atoms with van der Waals surface area (Å²) in [5.41, 5.74) is 6.03. The van der Waals surface area contributed by atoms with Gasteiger partial charge in [-0.2, -0.15) is 5.10 Å². The lowest BCUT2D eigenvalue weighted by Gasteiger charge is -2.12. The number of amides is 1. The number of nitrogens with two attached hydrogens (primary N) is 1. The summed E-state index contributed by atoms with van der Waals surface area (Å²) in [4.78, 5) is 11.6. The van der Waals surface area contributed by atoms with Crippen LogP contribution in [0.4, 0.5) is 4.79 Å². The van der Waals surface area contributed by atoms with E-state index >= 15 is 0 Å². The third-order valence-electron chi connectivity index (χ3n) is 3.09. The first-order valence-corrected chi connectivity index (χ1v) is 8.66. The smallest absolute Gasteiger partial charge is 0.404 e. The Hall–Kier alpha value is -1.41. The predicted octanol–water partition coefficient (Wildman–Crippen LogP) is 4.01. The van der Waals surface area contributed by atoms with Gasteiger partial charge in [0.25, 0.3) is 0 Å². The summed E-state index contributed by atoms with van der Waals surface area (Å²) in [5.74, 6) is 0. The van der Waals surface area contributed by atoms with E-state index in [2.05, 4.69) is 5.10 Å². The minimum absolute atomic E-state index is 0.0368. The molecule has 2 rings (SSSR count). The van der Waals surface area contributed by atoms with Crippen molar-refractivity contribution in [1.82, 2.24) is 9.78 Å². The average molecular weight is 390 g/mol. The molecule has 0 radical (unpaired) electrons. The highest BCUT2D eigenvalue weighted by atomic mass is 35.5. The van der Waals surface area contributed by atoms with Gasteiger partial charge in [-0.15, -0.1) is 0 Å². The summed E-state index contributed by atoms with van der Waals surface area (Å²) in [6.45, 7) is 3.57.